The second-order valence-corrected chi connectivity index (χ2v) is 5.66. The van der Waals surface area contributed by atoms with E-state index in [1.54, 1.807) is 6.21 Å². The highest BCUT2D eigenvalue weighted by Crippen LogP contribution is 2.11. The molecule has 0 bridgehead atoms. The average Bonchev–Trinajstić information content (AvgIpc) is 3.06. The number of nitrogens with one attached hydrogen (secondary N) is 1. The number of nitrogens with zero attached hydrogens (tertiary/aromatic N) is 5. The third-order valence-electron chi connectivity index (χ3n) is 3.59. The van der Waals surface area contributed by atoms with Crippen molar-refractivity contribution >= 4 is 12.1 Å². The largest absolute Gasteiger partial charge is 0.271 e. The maximum atomic E-state index is 11.9. The van der Waals surface area contributed by atoms with Crippen molar-refractivity contribution in [3.05, 3.63) is 65.2 Å². The van der Waals surface area contributed by atoms with E-state index < -0.39 is 0 Å². The van der Waals surface area contributed by atoms with Gasteiger partial charge in [-0.1, -0.05) is 54.1 Å². The monoisotopic (exact) mass is 334 g/mol. The van der Waals surface area contributed by atoms with Crippen LogP contribution in [0.5, 0.6) is 0 Å². The number of hydrazone groups is 1. The molecule has 2 aromatic carbocycles. The van der Waals surface area contributed by atoms with E-state index in [-0.39, 0.29) is 12.5 Å². The van der Waals surface area contributed by atoms with Gasteiger partial charge in [-0.05, 0) is 30.2 Å². The quantitative estimate of drug-likeness (QED) is 0.572. The number of carbonyl (C=O) groups is 1. The van der Waals surface area contributed by atoms with Crippen LogP contribution in [0.1, 0.15) is 16.7 Å². The van der Waals surface area contributed by atoms with Crippen LogP contribution in [0, 0.1) is 13.8 Å². The maximum absolute atomic E-state index is 11.9. The summed E-state index contributed by atoms with van der Waals surface area (Å²) < 4.78 is 0. The van der Waals surface area contributed by atoms with E-state index in [0.29, 0.717) is 5.82 Å². The van der Waals surface area contributed by atoms with Gasteiger partial charge in [-0.25, -0.2) is 5.43 Å². The van der Waals surface area contributed by atoms with E-state index in [0.717, 1.165) is 16.7 Å². The van der Waals surface area contributed by atoms with E-state index in [2.05, 4.69) is 32.0 Å². The van der Waals surface area contributed by atoms with Crippen molar-refractivity contribution in [2.24, 2.45) is 5.10 Å². The molecule has 0 saturated carbocycles. The average molecular weight is 334 g/mol. The number of hydrogen-bond acceptors (Lipinski definition) is 5. The van der Waals surface area contributed by atoms with Crippen molar-refractivity contribution in [2.45, 2.75) is 20.4 Å². The van der Waals surface area contributed by atoms with Crippen LogP contribution >= 0.6 is 0 Å². The summed E-state index contributed by atoms with van der Waals surface area (Å²) in [6.45, 7) is 3.98. The predicted molar refractivity (Wildman–Crippen MR) is 94.9 cm³/mol. The first-order valence-corrected chi connectivity index (χ1v) is 7.84. The first kappa shape index (κ1) is 16.5. The van der Waals surface area contributed by atoms with E-state index in [1.165, 1.54) is 10.4 Å². The number of rotatable bonds is 5. The van der Waals surface area contributed by atoms with Gasteiger partial charge in [0, 0.05) is 5.56 Å². The van der Waals surface area contributed by atoms with E-state index in [1.807, 2.05) is 56.3 Å². The molecule has 0 fully saturated rings. The van der Waals surface area contributed by atoms with Crippen LogP contribution in [0.4, 0.5) is 0 Å². The normalized spacial score (nSPS) is 11.0. The molecule has 1 N–H and O–H groups in total. The van der Waals surface area contributed by atoms with Crippen LogP contribution < -0.4 is 5.43 Å². The van der Waals surface area contributed by atoms with Crippen LogP contribution in [0.3, 0.4) is 0 Å². The lowest BCUT2D eigenvalue weighted by molar-refractivity contribution is -0.122. The Morgan fingerprint density at radius 2 is 2.00 bits per heavy atom. The first-order chi connectivity index (χ1) is 12.1. The summed E-state index contributed by atoms with van der Waals surface area (Å²) in [5, 5.41) is 16.0. The predicted octanol–water partition coefficient (Wildman–Crippen LogP) is 2.11. The lowest BCUT2D eigenvalue weighted by atomic mass is 10.1. The molecular formula is C18H18N6O. The zero-order valence-corrected chi connectivity index (χ0v) is 14.0. The molecule has 0 aliphatic heterocycles. The lowest BCUT2D eigenvalue weighted by Crippen LogP contribution is -2.24. The van der Waals surface area contributed by atoms with Gasteiger partial charge in [0.05, 0.1) is 6.21 Å². The van der Waals surface area contributed by atoms with E-state index >= 15 is 0 Å². The van der Waals surface area contributed by atoms with Crippen LogP contribution in [0.15, 0.2) is 53.6 Å². The summed E-state index contributed by atoms with van der Waals surface area (Å²) in [6, 6.07) is 15.5. The molecule has 0 unspecified atom stereocenters. The molecule has 0 spiro atoms. The highest BCUT2D eigenvalue weighted by molar-refractivity contribution is 5.83. The van der Waals surface area contributed by atoms with Crippen molar-refractivity contribution in [3.8, 4) is 11.4 Å². The highest BCUT2D eigenvalue weighted by Gasteiger charge is 2.08. The van der Waals surface area contributed by atoms with Gasteiger partial charge in [0.25, 0.3) is 5.91 Å². The Morgan fingerprint density at radius 1 is 1.20 bits per heavy atom. The van der Waals surface area contributed by atoms with Crippen molar-refractivity contribution < 1.29 is 4.79 Å². The standard InChI is InChI=1S/C18H18N6O/c1-13-8-9-16(14(2)10-13)11-19-20-17(25)12-24-22-18(21-23-24)15-6-4-3-5-7-15/h3-11H,12H2,1-2H3,(H,20,25)/b19-11-. The smallest absolute Gasteiger partial charge is 0.263 e. The zero-order valence-electron chi connectivity index (χ0n) is 14.0. The van der Waals surface area contributed by atoms with Gasteiger partial charge in [-0.15, -0.1) is 10.2 Å². The first-order valence-electron chi connectivity index (χ1n) is 7.84. The fraction of sp³-hybridized carbons (Fsp3) is 0.167. The Labute approximate surface area is 145 Å². The second kappa shape index (κ2) is 7.48. The molecular weight excluding hydrogens is 316 g/mol. The number of aryl methyl sites for hydroxylation is 2. The van der Waals surface area contributed by atoms with Gasteiger partial charge < -0.3 is 0 Å². The van der Waals surface area contributed by atoms with Crippen molar-refractivity contribution in [2.75, 3.05) is 0 Å². The molecule has 1 amide bonds. The molecule has 0 atom stereocenters. The molecule has 25 heavy (non-hydrogen) atoms. The molecule has 0 saturated heterocycles. The highest BCUT2D eigenvalue weighted by atomic mass is 16.2. The number of aromatic nitrogens is 4. The van der Waals surface area contributed by atoms with Gasteiger partial charge in [-0.2, -0.15) is 9.90 Å². The minimum Gasteiger partial charge on any atom is -0.271 e. The third-order valence-corrected chi connectivity index (χ3v) is 3.59. The molecule has 3 rings (SSSR count). The topological polar surface area (TPSA) is 85.1 Å². The summed E-state index contributed by atoms with van der Waals surface area (Å²) in [5.41, 5.74) is 6.56. The summed E-state index contributed by atoms with van der Waals surface area (Å²) >= 11 is 0. The molecule has 7 heteroatoms. The molecule has 3 aromatic rings. The zero-order chi connectivity index (χ0) is 17.6. The second-order valence-electron chi connectivity index (χ2n) is 5.66. The Hall–Kier alpha value is -3.35. The van der Waals surface area contributed by atoms with E-state index in [9.17, 15) is 4.79 Å². The minimum atomic E-state index is -0.321. The molecule has 1 heterocycles. The number of carbonyl (C=O) groups excluding carboxylic acids is 1. The van der Waals surface area contributed by atoms with Gasteiger partial charge >= 0.3 is 0 Å². The molecule has 0 aliphatic rings. The van der Waals surface area contributed by atoms with Crippen molar-refractivity contribution in [1.29, 1.82) is 0 Å². The Balaban J connectivity index is 1.58. The fourth-order valence-electron chi connectivity index (χ4n) is 2.32. The molecule has 0 radical (unpaired) electrons. The van der Waals surface area contributed by atoms with Crippen LogP contribution in [0.25, 0.3) is 11.4 Å². The van der Waals surface area contributed by atoms with E-state index in [4.69, 9.17) is 0 Å². The summed E-state index contributed by atoms with van der Waals surface area (Å²) in [7, 11) is 0. The third kappa shape index (κ3) is 4.35. The Bertz CT molecular complexity index is 901. The number of amides is 1. The van der Waals surface area contributed by atoms with Gasteiger partial charge in [0.2, 0.25) is 5.82 Å². The van der Waals surface area contributed by atoms with Crippen LogP contribution in [-0.2, 0) is 11.3 Å². The van der Waals surface area contributed by atoms with Gasteiger partial charge in [0.15, 0.2) is 0 Å². The summed E-state index contributed by atoms with van der Waals surface area (Å²) in [5.74, 6) is 0.158. The maximum Gasteiger partial charge on any atom is 0.263 e. The number of tetrazole rings is 1. The number of hydrogen-bond donors (Lipinski definition) is 1. The molecule has 126 valence electrons. The summed E-state index contributed by atoms with van der Waals surface area (Å²) in [4.78, 5) is 13.2. The van der Waals surface area contributed by atoms with Crippen molar-refractivity contribution in [1.82, 2.24) is 25.6 Å². The SMILES string of the molecule is Cc1ccc(/C=N\NC(=O)Cn2nnc(-c3ccccc3)n2)c(C)c1. The van der Waals surface area contributed by atoms with Gasteiger partial charge in [-0.3, -0.25) is 4.79 Å². The molecule has 0 aliphatic carbocycles. The minimum absolute atomic E-state index is 0.0515. The van der Waals surface area contributed by atoms with Crippen molar-refractivity contribution in [3.63, 3.8) is 0 Å². The Kier molecular flexibility index (Phi) is 4.94. The lowest BCUT2D eigenvalue weighted by Gasteiger charge is -2.01. The molecule has 1 aromatic heterocycles. The van der Waals surface area contributed by atoms with Gasteiger partial charge in [0.1, 0.15) is 6.54 Å². The fourth-order valence-corrected chi connectivity index (χ4v) is 2.32. The Morgan fingerprint density at radius 3 is 2.76 bits per heavy atom. The molecule has 7 nitrogen and oxygen atoms in total. The van der Waals surface area contributed by atoms with Crippen LogP contribution in [-0.4, -0.2) is 32.3 Å². The number of benzene rings is 2. The summed E-state index contributed by atoms with van der Waals surface area (Å²) in [6.07, 6.45) is 1.62. The van der Waals surface area contributed by atoms with Crippen LogP contribution in [0.2, 0.25) is 0 Å².